The number of carbonyl (C=O) groups is 2. The van der Waals surface area contributed by atoms with Gasteiger partial charge in [-0.15, -0.1) is 0 Å². The molecule has 2 atom stereocenters. The van der Waals surface area contributed by atoms with Crippen molar-refractivity contribution in [2.24, 2.45) is 0 Å². The van der Waals surface area contributed by atoms with Crippen molar-refractivity contribution in [2.75, 3.05) is 0 Å². The molecule has 0 N–H and O–H groups in total. The molecule has 0 fully saturated rings. The molecule has 0 saturated carbocycles. The van der Waals surface area contributed by atoms with Crippen molar-refractivity contribution < 1.29 is 19.1 Å². The molecular weight excluding hydrogens is 232 g/mol. The molecule has 0 bridgehead atoms. The molecule has 17 heavy (non-hydrogen) atoms. The van der Waals surface area contributed by atoms with Gasteiger partial charge in [-0.25, -0.2) is 9.59 Å². The fraction of sp³-hybridized carbons (Fsp3) is 0.500. The highest BCUT2D eigenvalue weighted by Crippen LogP contribution is 2.05. The molecule has 0 aromatic carbocycles. The van der Waals surface area contributed by atoms with Gasteiger partial charge in [-0.3, -0.25) is 0 Å². The van der Waals surface area contributed by atoms with E-state index in [-0.39, 0.29) is 8.47 Å². The smallest absolute Gasteiger partial charge is 0.489 e. The zero-order valence-corrected chi connectivity index (χ0v) is 11.9. The lowest BCUT2D eigenvalue weighted by Crippen LogP contribution is -2.34. The van der Waals surface area contributed by atoms with Crippen LogP contribution in [0.15, 0.2) is 25.3 Å². The van der Waals surface area contributed by atoms with E-state index in [4.69, 9.17) is 9.47 Å². The number of esters is 2. The van der Waals surface area contributed by atoms with E-state index >= 15 is 0 Å². The lowest BCUT2D eigenvalue weighted by atomic mass is 10.5. The maximum atomic E-state index is 11.1. The summed E-state index contributed by atoms with van der Waals surface area (Å²) in [6.07, 6.45) is 3.75. The molecule has 0 amide bonds. The maximum absolute atomic E-state index is 11.1. The molecule has 0 aliphatic carbocycles. The Labute approximate surface area is 112 Å². The van der Waals surface area contributed by atoms with Crippen molar-refractivity contribution in [3.63, 3.8) is 0 Å². The molecule has 0 saturated heterocycles. The predicted octanol–water partition coefficient (Wildman–Crippen LogP) is 1.62. The van der Waals surface area contributed by atoms with E-state index in [1.165, 1.54) is 0 Å². The minimum atomic E-state index is -0.847. The van der Waals surface area contributed by atoms with Gasteiger partial charge in [-0.2, -0.15) is 0 Å². The van der Waals surface area contributed by atoms with Gasteiger partial charge in [0, 0.05) is 20.6 Å². The topological polar surface area (TPSA) is 52.6 Å². The normalized spacial score (nSPS) is 12.8. The first-order valence-electron chi connectivity index (χ1n) is 5.73. The Morgan fingerprint density at radius 1 is 1.06 bits per heavy atom. The highest BCUT2D eigenvalue weighted by molar-refractivity contribution is 6.39. The Morgan fingerprint density at radius 2 is 1.41 bits per heavy atom. The van der Waals surface area contributed by atoms with Gasteiger partial charge in [0.05, 0.1) is 0 Å². The van der Waals surface area contributed by atoms with Crippen LogP contribution in [0.1, 0.15) is 26.7 Å². The number of ether oxygens (including phenoxy) is 2. The third-order valence-electron chi connectivity index (χ3n) is 2.34. The van der Waals surface area contributed by atoms with E-state index in [9.17, 15) is 9.59 Å². The second kappa shape index (κ2) is 9.24. The summed E-state index contributed by atoms with van der Waals surface area (Å²) in [6, 6.07) is 0. The Hall–Kier alpha value is -0.814. The molecule has 0 aliphatic rings. The van der Waals surface area contributed by atoms with Crippen LogP contribution in [-0.2, 0) is 19.1 Å². The van der Waals surface area contributed by atoms with Crippen LogP contribution in [0.2, 0.25) is 0 Å². The fourth-order valence-electron chi connectivity index (χ4n) is 1.31. The third-order valence-corrected chi connectivity index (χ3v) is 4.88. The third kappa shape index (κ3) is 7.17. The lowest BCUT2D eigenvalue weighted by Gasteiger charge is -2.20. The van der Waals surface area contributed by atoms with E-state index in [1.54, 1.807) is 0 Å². The molecule has 4 nitrogen and oxygen atoms in total. The zero-order valence-electron chi connectivity index (χ0n) is 10.5. The molecule has 0 aliphatic heterocycles. The summed E-state index contributed by atoms with van der Waals surface area (Å²) >= 11 is -0.847. The Balaban J connectivity index is 4.30. The van der Waals surface area contributed by atoms with Gasteiger partial charge < -0.3 is 9.47 Å². The Kier molecular flexibility index (Phi) is 8.80. The summed E-state index contributed by atoms with van der Waals surface area (Å²) in [5, 5.41) is 0. The van der Waals surface area contributed by atoms with Crippen LogP contribution in [0.3, 0.4) is 0 Å². The highest BCUT2D eigenvalue weighted by atomic mass is 24.5. The molecule has 0 aromatic rings. The average molecular weight is 251 g/mol. The summed E-state index contributed by atoms with van der Waals surface area (Å²) in [7, 11) is 0. The molecule has 0 rings (SSSR count). The summed E-state index contributed by atoms with van der Waals surface area (Å²) in [4.78, 5) is 22.2. The highest BCUT2D eigenvalue weighted by Gasteiger charge is 2.24. The van der Waals surface area contributed by atoms with Gasteiger partial charge in [-0.1, -0.05) is 27.0 Å². The van der Waals surface area contributed by atoms with Gasteiger partial charge in [0.2, 0.25) is 0 Å². The lowest BCUT2D eigenvalue weighted by molar-refractivity contribution is -0.140. The first-order valence-corrected chi connectivity index (χ1v) is 7.36. The van der Waals surface area contributed by atoms with Crippen LogP contribution >= 0.6 is 0 Å². The van der Waals surface area contributed by atoms with Crippen LogP contribution in [-0.4, -0.2) is 40.8 Å². The van der Waals surface area contributed by atoms with Crippen LogP contribution in [0.5, 0.6) is 0 Å². The van der Waals surface area contributed by atoms with Gasteiger partial charge in [0.1, 0.15) is 0 Å². The van der Waals surface area contributed by atoms with Crippen molar-refractivity contribution in [3.8, 4) is 0 Å². The summed E-state index contributed by atoms with van der Waals surface area (Å²) in [5.41, 5.74) is 0. The quantitative estimate of drug-likeness (QED) is 0.373. The van der Waals surface area contributed by atoms with Crippen molar-refractivity contribution in [2.45, 2.75) is 35.2 Å². The molecule has 92 valence electrons. The average Bonchev–Trinajstić information content (AvgIpc) is 2.36. The second-order valence-electron chi connectivity index (χ2n) is 3.58. The number of hydrogen-bond donors (Lipinski definition) is 0. The van der Waals surface area contributed by atoms with E-state index < -0.39 is 32.3 Å². The SMILES string of the molecule is C=CC(=O)O[CH](CC)[Mg][CH](CC)OC(=O)C=C. The standard InChI is InChI=1S/2C6H9O2.Mg/c2*1-3-5-8-6(7)4-2;/h2*4-5H,2-3H2,1H3;. The summed E-state index contributed by atoms with van der Waals surface area (Å²) in [5.74, 6) is -0.844. The molecule has 2 unspecified atom stereocenters. The Morgan fingerprint density at radius 3 is 1.65 bits per heavy atom. The molecule has 0 heterocycles. The van der Waals surface area contributed by atoms with E-state index in [0.717, 1.165) is 25.0 Å². The monoisotopic (exact) mass is 250 g/mol. The van der Waals surface area contributed by atoms with Gasteiger partial charge in [0.15, 0.2) is 0 Å². The molecule has 5 heteroatoms. The predicted molar refractivity (Wildman–Crippen MR) is 66.5 cm³/mol. The molecular formula is C12H18MgO4. The van der Waals surface area contributed by atoms with Crippen molar-refractivity contribution in [1.82, 2.24) is 0 Å². The summed E-state index contributed by atoms with van der Waals surface area (Å²) in [6.45, 7) is 10.6. The van der Waals surface area contributed by atoms with Crippen LogP contribution < -0.4 is 0 Å². The van der Waals surface area contributed by atoms with Crippen LogP contribution in [0, 0.1) is 0 Å². The number of hydrogen-bond acceptors (Lipinski definition) is 4. The van der Waals surface area contributed by atoms with Crippen LogP contribution in [0.25, 0.3) is 0 Å². The second-order valence-corrected chi connectivity index (χ2v) is 5.87. The maximum Gasteiger partial charge on any atom is 0.493 e. The minimum absolute atomic E-state index is 0.122. The molecule has 0 aromatic heterocycles. The molecule has 0 spiro atoms. The number of rotatable bonds is 8. The van der Waals surface area contributed by atoms with Gasteiger partial charge in [0.25, 0.3) is 0 Å². The summed E-state index contributed by atoms with van der Waals surface area (Å²) < 4.78 is 10.1. The zero-order chi connectivity index (χ0) is 13.3. The Bertz CT molecular complexity index is 260. The number of carbonyl (C=O) groups excluding carboxylic acids is 2. The van der Waals surface area contributed by atoms with E-state index in [1.807, 2.05) is 13.8 Å². The first-order chi connectivity index (χ1) is 8.07. The van der Waals surface area contributed by atoms with E-state index in [0.29, 0.717) is 0 Å². The van der Waals surface area contributed by atoms with E-state index in [2.05, 4.69) is 13.2 Å². The van der Waals surface area contributed by atoms with Crippen molar-refractivity contribution in [3.05, 3.63) is 25.3 Å². The minimum Gasteiger partial charge on any atom is -0.489 e. The first kappa shape index (κ1) is 16.2. The molecule has 0 radical (unpaired) electrons. The van der Waals surface area contributed by atoms with Gasteiger partial charge >= 0.3 is 32.3 Å². The van der Waals surface area contributed by atoms with Crippen molar-refractivity contribution in [1.29, 1.82) is 0 Å². The van der Waals surface area contributed by atoms with Crippen LogP contribution in [0.4, 0.5) is 0 Å². The largest absolute Gasteiger partial charge is 0.493 e. The van der Waals surface area contributed by atoms with Crippen molar-refractivity contribution >= 4 is 32.3 Å². The fourth-order valence-corrected chi connectivity index (χ4v) is 3.09. The van der Waals surface area contributed by atoms with Gasteiger partial charge in [-0.05, 0) is 12.8 Å².